The van der Waals surface area contributed by atoms with E-state index in [1.54, 1.807) is 0 Å². The fraction of sp³-hybridized carbons (Fsp3) is 0.538. The van der Waals surface area contributed by atoms with Gasteiger partial charge in [-0.2, -0.15) is 0 Å². The number of halogens is 1. The predicted octanol–water partition coefficient (Wildman–Crippen LogP) is 2.40. The molecule has 0 radical (unpaired) electrons. The van der Waals surface area contributed by atoms with E-state index in [0.717, 1.165) is 37.2 Å². The summed E-state index contributed by atoms with van der Waals surface area (Å²) in [5.74, 6) is 0.759. The topological polar surface area (TPSA) is 44.5 Å². The summed E-state index contributed by atoms with van der Waals surface area (Å²) < 4.78 is 11.3. The molecule has 0 amide bonds. The Labute approximate surface area is 107 Å². The summed E-state index contributed by atoms with van der Waals surface area (Å²) in [7, 11) is 0. The Hall–Kier alpha value is -0.770. The fourth-order valence-corrected chi connectivity index (χ4v) is 2.27. The first-order chi connectivity index (χ1) is 8.31. The van der Waals surface area contributed by atoms with E-state index in [1.807, 2.05) is 18.2 Å². The number of benzene rings is 1. The highest BCUT2D eigenvalue weighted by atomic mass is 35.5. The van der Waals surface area contributed by atoms with Crippen molar-refractivity contribution >= 4 is 11.6 Å². The van der Waals surface area contributed by atoms with Crippen molar-refractivity contribution in [3.63, 3.8) is 0 Å². The second kappa shape index (κ2) is 6.24. The van der Waals surface area contributed by atoms with Gasteiger partial charge in [0.15, 0.2) is 0 Å². The molecule has 0 bridgehead atoms. The van der Waals surface area contributed by atoms with Crippen molar-refractivity contribution in [2.75, 3.05) is 19.8 Å². The van der Waals surface area contributed by atoms with E-state index < -0.39 is 0 Å². The average molecular weight is 256 g/mol. The monoisotopic (exact) mass is 255 g/mol. The molecule has 2 rings (SSSR count). The molecule has 0 aromatic heterocycles. The first kappa shape index (κ1) is 12.7. The number of ether oxygens (including phenoxy) is 2. The highest BCUT2D eigenvalue weighted by Crippen LogP contribution is 2.29. The lowest BCUT2D eigenvalue weighted by Crippen LogP contribution is -2.17. The van der Waals surface area contributed by atoms with Gasteiger partial charge in [-0.1, -0.05) is 23.7 Å². The molecule has 0 aliphatic carbocycles. The zero-order chi connectivity index (χ0) is 12.1. The summed E-state index contributed by atoms with van der Waals surface area (Å²) in [5, 5.41) is 0.647. The summed E-state index contributed by atoms with van der Waals surface area (Å²) in [6, 6.07) is 5.77. The Morgan fingerprint density at radius 3 is 3.06 bits per heavy atom. The van der Waals surface area contributed by atoms with Gasteiger partial charge < -0.3 is 15.2 Å². The normalized spacial score (nSPS) is 19.5. The number of hydrogen-bond acceptors (Lipinski definition) is 3. The fourth-order valence-electron chi connectivity index (χ4n) is 2.02. The molecule has 2 N–H and O–H groups in total. The van der Waals surface area contributed by atoms with Gasteiger partial charge in [0.25, 0.3) is 0 Å². The van der Waals surface area contributed by atoms with Crippen molar-refractivity contribution in [3.8, 4) is 5.75 Å². The minimum atomic E-state index is 0.206. The second-order valence-corrected chi connectivity index (χ2v) is 4.62. The Bertz CT molecular complexity index is 364. The van der Waals surface area contributed by atoms with E-state index in [1.165, 1.54) is 0 Å². The van der Waals surface area contributed by atoms with Crippen LogP contribution in [0.4, 0.5) is 0 Å². The maximum Gasteiger partial charge on any atom is 0.141 e. The van der Waals surface area contributed by atoms with Crippen LogP contribution in [0.1, 0.15) is 18.4 Å². The Morgan fingerprint density at radius 2 is 2.35 bits per heavy atom. The van der Waals surface area contributed by atoms with Gasteiger partial charge in [-0.15, -0.1) is 0 Å². The van der Waals surface area contributed by atoms with Crippen molar-refractivity contribution < 1.29 is 9.47 Å². The maximum absolute atomic E-state index is 6.14. The van der Waals surface area contributed by atoms with E-state index in [-0.39, 0.29) is 6.10 Å². The molecule has 1 fully saturated rings. The van der Waals surface area contributed by atoms with Crippen LogP contribution >= 0.6 is 11.6 Å². The van der Waals surface area contributed by atoms with Gasteiger partial charge in [-0.05, 0) is 37.4 Å². The van der Waals surface area contributed by atoms with Crippen LogP contribution in [0.5, 0.6) is 5.75 Å². The van der Waals surface area contributed by atoms with Gasteiger partial charge in [-0.25, -0.2) is 0 Å². The molecule has 17 heavy (non-hydrogen) atoms. The van der Waals surface area contributed by atoms with Crippen molar-refractivity contribution in [1.29, 1.82) is 0 Å². The highest BCUT2D eigenvalue weighted by molar-refractivity contribution is 6.32. The largest absolute Gasteiger partial charge is 0.489 e. The summed E-state index contributed by atoms with van der Waals surface area (Å²) in [5.41, 5.74) is 6.64. The lowest BCUT2D eigenvalue weighted by Gasteiger charge is -2.15. The van der Waals surface area contributed by atoms with Crippen molar-refractivity contribution in [1.82, 2.24) is 0 Å². The van der Waals surface area contributed by atoms with E-state index in [4.69, 9.17) is 26.8 Å². The lowest BCUT2D eigenvalue weighted by molar-refractivity contribution is 0.0677. The zero-order valence-electron chi connectivity index (χ0n) is 9.82. The van der Waals surface area contributed by atoms with Gasteiger partial charge in [-0.3, -0.25) is 0 Å². The quantitative estimate of drug-likeness (QED) is 0.879. The molecule has 1 aliphatic heterocycles. The van der Waals surface area contributed by atoms with Crippen molar-refractivity contribution in [3.05, 3.63) is 28.8 Å². The molecule has 1 unspecified atom stereocenters. The van der Waals surface area contributed by atoms with Crippen LogP contribution in [0.3, 0.4) is 0 Å². The number of nitrogens with two attached hydrogens (primary N) is 1. The molecule has 1 saturated heterocycles. The molecule has 1 atom stereocenters. The van der Waals surface area contributed by atoms with Gasteiger partial charge in [0.1, 0.15) is 12.4 Å². The molecule has 3 nitrogen and oxygen atoms in total. The smallest absolute Gasteiger partial charge is 0.141 e. The third kappa shape index (κ3) is 3.35. The number of hydrogen-bond donors (Lipinski definition) is 1. The van der Waals surface area contributed by atoms with Gasteiger partial charge in [0.05, 0.1) is 11.1 Å². The van der Waals surface area contributed by atoms with Crippen LogP contribution < -0.4 is 10.5 Å². The predicted molar refractivity (Wildman–Crippen MR) is 68.7 cm³/mol. The molecule has 1 aromatic carbocycles. The summed E-state index contributed by atoms with van der Waals surface area (Å²) in [6.45, 7) is 2.00. The molecule has 0 spiro atoms. The summed E-state index contributed by atoms with van der Waals surface area (Å²) >= 11 is 6.14. The van der Waals surface area contributed by atoms with E-state index in [9.17, 15) is 0 Å². The second-order valence-electron chi connectivity index (χ2n) is 4.21. The molecule has 1 aromatic rings. The van der Waals surface area contributed by atoms with Crippen LogP contribution in [0, 0.1) is 0 Å². The molecule has 94 valence electrons. The highest BCUT2D eigenvalue weighted by Gasteiger charge is 2.17. The van der Waals surface area contributed by atoms with Crippen molar-refractivity contribution in [2.24, 2.45) is 5.73 Å². The van der Waals surface area contributed by atoms with Crippen LogP contribution in [-0.2, 0) is 11.2 Å². The molecule has 1 heterocycles. The van der Waals surface area contributed by atoms with E-state index >= 15 is 0 Å². The third-order valence-corrected chi connectivity index (χ3v) is 3.20. The first-order valence-electron chi connectivity index (χ1n) is 6.03. The Morgan fingerprint density at radius 1 is 1.47 bits per heavy atom. The minimum Gasteiger partial charge on any atom is -0.489 e. The average Bonchev–Trinajstić information content (AvgIpc) is 2.82. The van der Waals surface area contributed by atoms with Crippen LogP contribution in [0.15, 0.2) is 18.2 Å². The maximum atomic E-state index is 6.14. The zero-order valence-corrected chi connectivity index (χ0v) is 10.6. The summed E-state index contributed by atoms with van der Waals surface area (Å²) in [4.78, 5) is 0. The minimum absolute atomic E-state index is 0.206. The summed E-state index contributed by atoms with van der Waals surface area (Å²) in [6.07, 6.45) is 3.17. The number of para-hydroxylation sites is 1. The van der Waals surface area contributed by atoms with Gasteiger partial charge >= 0.3 is 0 Å². The number of rotatable bonds is 5. The lowest BCUT2D eigenvalue weighted by atomic mass is 10.1. The third-order valence-electron chi connectivity index (χ3n) is 2.90. The molecular formula is C13H18ClNO2. The molecule has 4 heteroatoms. The van der Waals surface area contributed by atoms with E-state index in [0.29, 0.717) is 18.2 Å². The van der Waals surface area contributed by atoms with Crippen LogP contribution in [0.25, 0.3) is 0 Å². The van der Waals surface area contributed by atoms with Crippen molar-refractivity contribution in [2.45, 2.75) is 25.4 Å². The SMILES string of the molecule is NCCc1cccc(Cl)c1OCC1CCCO1. The van der Waals surface area contributed by atoms with Gasteiger partial charge in [0.2, 0.25) is 0 Å². The van der Waals surface area contributed by atoms with Crippen LogP contribution in [0.2, 0.25) is 5.02 Å². The van der Waals surface area contributed by atoms with Crippen LogP contribution in [-0.4, -0.2) is 25.9 Å². The molecule has 0 saturated carbocycles. The molecule has 1 aliphatic rings. The van der Waals surface area contributed by atoms with E-state index in [2.05, 4.69) is 0 Å². The molecular weight excluding hydrogens is 238 g/mol. The standard InChI is InChI=1S/C13H18ClNO2/c14-12-5-1-3-10(6-7-15)13(12)17-9-11-4-2-8-16-11/h1,3,5,11H,2,4,6-9,15H2. The first-order valence-corrected chi connectivity index (χ1v) is 6.41. The van der Waals surface area contributed by atoms with Gasteiger partial charge in [0, 0.05) is 6.61 Å². The Kier molecular flexibility index (Phi) is 4.66. The Balaban J connectivity index is 2.02.